The number of carbonyl (C=O) groups is 2. The summed E-state index contributed by atoms with van der Waals surface area (Å²) in [6.07, 6.45) is 5.22. The summed E-state index contributed by atoms with van der Waals surface area (Å²) in [5.41, 5.74) is 1.62. The lowest BCUT2D eigenvalue weighted by molar-refractivity contribution is -0.136. The van der Waals surface area contributed by atoms with Gasteiger partial charge in [0.2, 0.25) is 11.8 Å². The highest BCUT2D eigenvalue weighted by Crippen LogP contribution is 2.20. The van der Waals surface area contributed by atoms with Crippen LogP contribution in [0.5, 0.6) is 0 Å². The Morgan fingerprint density at radius 1 is 1.30 bits per heavy atom. The summed E-state index contributed by atoms with van der Waals surface area (Å²) in [4.78, 5) is 26.7. The molecule has 2 amide bonds. The first-order chi connectivity index (χ1) is 11.1. The zero-order valence-electron chi connectivity index (χ0n) is 13.1. The first kappa shape index (κ1) is 15.3. The molecule has 1 aliphatic heterocycles. The molecule has 1 aliphatic rings. The minimum absolute atomic E-state index is 0.0000340. The molecule has 1 aromatic carbocycles. The van der Waals surface area contributed by atoms with Gasteiger partial charge in [-0.1, -0.05) is 30.3 Å². The Balaban J connectivity index is 1.64. The van der Waals surface area contributed by atoms with E-state index in [9.17, 15) is 9.59 Å². The fourth-order valence-electron chi connectivity index (χ4n) is 2.92. The Morgan fingerprint density at radius 2 is 2.09 bits per heavy atom. The molecule has 0 radical (unpaired) electrons. The van der Waals surface area contributed by atoms with Crippen LogP contribution >= 0.6 is 0 Å². The maximum absolute atomic E-state index is 12.5. The van der Waals surface area contributed by atoms with Crippen LogP contribution in [0.1, 0.15) is 18.4 Å². The summed E-state index contributed by atoms with van der Waals surface area (Å²) in [7, 11) is 1.79. The second kappa shape index (κ2) is 6.64. The van der Waals surface area contributed by atoms with Gasteiger partial charge in [0, 0.05) is 19.8 Å². The summed E-state index contributed by atoms with van der Waals surface area (Å²) in [6, 6.07) is 9.22. The number of hydrogen-bond donors (Lipinski definition) is 1. The molecule has 0 aliphatic carbocycles. The third kappa shape index (κ3) is 3.59. The number of nitrogens with zero attached hydrogens (tertiary/aromatic N) is 3. The summed E-state index contributed by atoms with van der Waals surface area (Å²) >= 11 is 0. The lowest BCUT2D eigenvalue weighted by atomic mass is 10.1. The van der Waals surface area contributed by atoms with Crippen molar-refractivity contribution in [2.75, 3.05) is 11.9 Å². The minimum atomic E-state index is -0.397. The van der Waals surface area contributed by atoms with E-state index in [1.54, 1.807) is 29.0 Å². The fourth-order valence-corrected chi connectivity index (χ4v) is 2.92. The van der Waals surface area contributed by atoms with Crippen LogP contribution in [0.15, 0.2) is 42.7 Å². The van der Waals surface area contributed by atoms with E-state index < -0.39 is 6.04 Å². The number of hydrogen-bond acceptors (Lipinski definition) is 3. The van der Waals surface area contributed by atoms with E-state index in [1.165, 1.54) is 0 Å². The van der Waals surface area contributed by atoms with Gasteiger partial charge in [0.1, 0.15) is 6.04 Å². The molecule has 120 valence electrons. The van der Waals surface area contributed by atoms with E-state index >= 15 is 0 Å². The van der Waals surface area contributed by atoms with Gasteiger partial charge in [-0.25, -0.2) is 0 Å². The van der Waals surface area contributed by atoms with Crippen molar-refractivity contribution >= 4 is 17.5 Å². The highest BCUT2D eigenvalue weighted by Gasteiger charge is 2.33. The smallest absolute Gasteiger partial charge is 0.247 e. The van der Waals surface area contributed by atoms with Crippen LogP contribution in [0.4, 0.5) is 5.69 Å². The number of benzene rings is 1. The van der Waals surface area contributed by atoms with Crippen molar-refractivity contribution in [3.05, 3.63) is 48.3 Å². The quantitative estimate of drug-likeness (QED) is 0.932. The average molecular weight is 312 g/mol. The predicted molar refractivity (Wildman–Crippen MR) is 86.7 cm³/mol. The lowest BCUT2D eigenvalue weighted by Gasteiger charge is -2.23. The zero-order chi connectivity index (χ0) is 16.2. The van der Waals surface area contributed by atoms with Crippen LogP contribution in [0.25, 0.3) is 0 Å². The molecular weight excluding hydrogens is 292 g/mol. The van der Waals surface area contributed by atoms with Crippen molar-refractivity contribution < 1.29 is 9.59 Å². The Morgan fingerprint density at radius 3 is 2.78 bits per heavy atom. The van der Waals surface area contributed by atoms with Gasteiger partial charge in [-0.15, -0.1) is 0 Å². The molecule has 1 N–H and O–H groups in total. The minimum Gasteiger partial charge on any atom is -0.330 e. The molecule has 6 nitrogen and oxygen atoms in total. The van der Waals surface area contributed by atoms with Crippen molar-refractivity contribution in [3.8, 4) is 0 Å². The number of likely N-dealkylation sites (tertiary alicyclic amines) is 1. The van der Waals surface area contributed by atoms with E-state index in [1.807, 2.05) is 30.3 Å². The van der Waals surface area contributed by atoms with Crippen molar-refractivity contribution in [1.29, 1.82) is 0 Å². The molecule has 1 aromatic heterocycles. The topological polar surface area (TPSA) is 67.2 Å². The number of aryl methyl sites for hydroxylation is 1. The van der Waals surface area contributed by atoms with Crippen LogP contribution in [0.3, 0.4) is 0 Å². The van der Waals surface area contributed by atoms with Gasteiger partial charge < -0.3 is 10.2 Å². The molecule has 23 heavy (non-hydrogen) atoms. The second-order valence-electron chi connectivity index (χ2n) is 5.80. The Labute approximate surface area is 135 Å². The molecule has 1 saturated heterocycles. The Bertz CT molecular complexity index is 696. The van der Waals surface area contributed by atoms with Crippen molar-refractivity contribution in [1.82, 2.24) is 14.7 Å². The van der Waals surface area contributed by atoms with Gasteiger partial charge in [-0.2, -0.15) is 5.10 Å². The molecule has 0 saturated carbocycles. The molecule has 6 heteroatoms. The summed E-state index contributed by atoms with van der Waals surface area (Å²) in [5.74, 6) is -0.142. The van der Waals surface area contributed by atoms with Gasteiger partial charge in [-0.05, 0) is 18.4 Å². The monoisotopic (exact) mass is 312 g/mol. The molecule has 3 rings (SSSR count). The van der Waals surface area contributed by atoms with E-state index in [4.69, 9.17) is 0 Å². The van der Waals surface area contributed by atoms with Crippen LogP contribution in [0.2, 0.25) is 0 Å². The third-order valence-corrected chi connectivity index (χ3v) is 4.05. The molecule has 1 atom stereocenters. The zero-order valence-corrected chi connectivity index (χ0v) is 13.1. The van der Waals surface area contributed by atoms with Crippen LogP contribution in [-0.4, -0.2) is 39.1 Å². The van der Waals surface area contributed by atoms with Crippen molar-refractivity contribution in [3.63, 3.8) is 0 Å². The SMILES string of the molecule is Cn1cc(NC(=O)[C@@H]2CCCN2C(=O)Cc2ccccc2)cn1. The maximum atomic E-state index is 12.5. The van der Waals surface area contributed by atoms with Gasteiger partial charge >= 0.3 is 0 Å². The van der Waals surface area contributed by atoms with Crippen LogP contribution in [-0.2, 0) is 23.1 Å². The Kier molecular flexibility index (Phi) is 4.41. The lowest BCUT2D eigenvalue weighted by Crippen LogP contribution is -2.43. The number of rotatable bonds is 4. The molecular formula is C17H20N4O2. The normalized spacial score (nSPS) is 17.3. The number of amides is 2. The first-order valence-electron chi connectivity index (χ1n) is 7.76. The first-order valence-corrected chi connectivity index (χ1v) is 7.76. The van der Waals surface area contributed by atoms with Crippen LogP contribution in [0, 0.1) is 0 Å². The summed E-state index contributed by atoms with van der Waals surface area (Å²) in [6.45, 7) is 0.636. The Hall–Kier alpha value is -2.63. The molecule has 0 spiro atoms. The predicted octanol–water partition coefficient (Wildman–Crippen LogP) is 1.59. The molecule has 2 heterocycles. The van der Waals surface area contributed by atoms with E-state index in [-0.39, 0.29) is 11.8 Å². The largest absolute Gasteiger partial charge is 0.330 e. The van der Waals surface area contributed by atoms with Crippen molar-refractivity contribution in [2.24, 2.45) is 7.05 Å². The molecule has 0 unspecified atom stereocenters. The van der Waals surface area contributed by atoms with Gasteiger partial charge in [0.15, 0.2) is 0 Å². The molecule has 1 fully saturated rings. The maximum Gasteiger partial charge on any atom is 0.247 e. The standard InChI is InChI=1S/C17H20N4O2/c1-20-12-14(11-18-20)19-17(23)15-8-5-9-21(15)16(22)10-13-6-3-2-4-7-13/h2-4,6-7,11-12,15H,5,8-10H2,1H3,(H,19,23)/t15-/m0/s1. The van der Waals surface area contributed by atoms with E-state index in [0.717, 1.165) is 12.0 Å². The van der Waals surface area contributed by atoms with Gasteiger partial charge in [0.05, 0.1) is 18.3 Å². The van der Waals surface area contributed by atoms with Gasteiger partial charge in [0.25, 0.3) is 0 Å². The van der Waals surface area contributed by atoms with Crippen molar-refractivity contribution in [2.45, 2.75) is 25.3 Å². The number of aromatic nitrogens is 2. The highest BCUT2D eigenvalue weighted by atomic mass is 16.2. The van der Waals surface area contributed by atoms with E-state index in [2.05, 4.69) is 10.4 Å². The fraction of sp³-hybridized carbons (Fsp3) is 0.353. The average Bonchev–Trinajstić information content (AvgIpc) is 3.17. The summed E-state index contributed by atoms with van der Waals surface area (Å²) in [5, 5.41) is 6.86. The third-order valence-electron chi connectivity index (χ3n) is 4.05. The number of nitrogens with one attached hydrogen (secondary N) is 1. The summed E-state index contributed by atoms with van der Waals surface area (Å²) < 4.78 is 1.63. The highest BCUT2D eigenvalue weighted by molar-refractivity contribution is 5.97. The van der Waals surface area contributed by atoms with E-state index in [0.29, 0.717) is 25.1 Å². The number of carbonyl (C=O) groups excluding carboxylic acids is 2. The van der Waals surface area contributed by atoms with Crippen LogP contribution < -0.4 is 5.32 Å². The number of anilines is 1. The molecule has 0 bridgehead atoms. The second-order valence-corrected chi connectivity index (χ2v) is 5.80. The molecule has 2 aromatic rings. The van der Waals surface area contributed by atoms with Gasteiger partial charge in [-0.3, -0.25) is 14.3 Å².